The zero-order valence-electron chi connectivity index (χ0n) is 38.4. The first-order valence-electron chi connectivity index (χ1n) is 23.4. The molecule has 6 fully saturated rings. The second-order valence-electron chi connectivity index (χ2n) is 21.4. The highest BCUT2D eigenvalue weighted by atomic mass is 16.6. The van der Waals surface area contributed by atoms with Crippen molar-refractivity contribution in [1.82, 2.24) is 25.3 Å². The normalized spacial score (nSPS) is 33.1. The monoisotopic (exact) mass is 833 g/mol. The van der Waals surface area contributed by atoms with Crippen molar-refractivity contribution in [1.29, 1.82) is 0 Å². The number of fused-ring (bicyclic) bond motifs is 6. The van der Waals surface area contributed by atoms with Gasteiger partial charge in [-0.05, 0) is 135 Å². The molecule has 4 N–H and O–H groups in total. The Morgan fingerprint density at radius 3 is 1.15 bits per heavy atom. The molecule has 9 heteroatoms. The van der Waals surface area contributed by atoms with E-state index in [1.807, 2.05) is 20.8 Å². The smallest absolute Gasteiger partial charge is 0.408 e. The third kappa shape index (κ3) is 12.2. The fraction of sp³-hybridized carbons (Fsp3) is 0.615. The molecule has 2 amide bonds. The predicted octanol–water partition coefficient (Wildman–Crippen LogP) is 9.34. The predicted molar refractivity (Wildman–Crippen MR) is 247 cm³/mol. The summed E-state index contributed by atoms with van der Waals surface area (Å²) in [5.41, 5.74) is 9.97. The number of hydrogen-bond donors (Lipinski definition) is 3. The van der Waals surface area contributed by atoms with E-state index in [2.05, 4.69) is 137 Å². The number of benzene rings is 3. The third-order valence-electron chi connectivity index (χ3n) is 14.4. The molecule has 0 aromatic heterocycles. The van der Waals surface area contributed by atoms with E-state index < -0.39 is 5.60 Å². The van der Waals surface area contributed by atoms with Gasteiger partial charge in [-0.15, -0.1) is 0 Å². The Hall–Kier alpha value is -3.76. The van der Waals surface area contributed by atoms with Gasteiger partial charge in [-0.25, -0.2) is 4.79 Å². The van der Waals surface area contributed by atoms with Crippen molar-refractivity contribution in [2.24, 2.45) is 5.73 Å². The van der Waals surface area contributed by atoms with Crippen molar-refractivity contribution in [2.75, 3.05) is 0 Å². The summed E-state index contributed by atoms with van der Waals surface area (Å²) in [5.74, 6) is 0.100. The Labute approximate surface area is 367 Å². The molecule has 9 atom stereocenters. The minimum atomic E-state index is -0.451. The Balaban J connectivity index is 0.000000140. The maximum atomic E-state index is 12.2. The molecule has 3 aromatic carbocycles. The van der Waals surface area contributed by atoms with Gasteiger partial charge in [-0.2, -0.15) is 0 Å². The number of hydrogen-bond acceptors (Lipinski definition) is 7. The molecule has 332 valence electrons. The highest BCUT2D eigenvalue weighted by Crippen LogP contribution is 2.43. The van der Waals surface area contributed by atoms with Crippen LogP contribution in [0.3, 0.4) is 0 Å². The van der Waals surface area contributed by atoms with Crippen molar-refractivity contribution in [3.05, 3.63) is 108 Å². The van der Waals surface area contributed by atoms with Crippen molar-refractivity contribution >= 4 is 12.0 Å². The maximum Gasteiger partial charge on any atom is 0.408 e. The van der Waals surface area contributed by atoms with Gasteiger partial charge in [0.2, 0.25) is 5.91 Å². The number of carbonyl (C=O) groups excluding carboxylic acids is 2. The van der Waals surface area contributed by atoms with Crippen molar-refractivity contribution in [3.8, 4) is 0 Å². The molecule has 6 heterocycles. The number of nitrogens with zero attached hydrogens (tertiary/aromatic N) is 3. The largest absolute Gasteiger partial charge is 0.444 e. The van der Waals surface area contributed by atoms with Crippen molar-refractivity contribution < 1.29 is 14.3 Å². The second kappa shape index (κ2) is 18.9. The Morgan fingerprint density at radius 2 is 0.852 bits per heavy atom. The summed E-state index contributed by atoms with van der Waals surface area (Å²) in [7, 11) is 0. The molecule has 6 bridgehead atoms. The summed E-state index contributed by atoms with van der Waals surface area (Å²) in [5, 5.41) is 6.33. The summed E-state index contributed by atoms with van der Waals surface area (Å²) in [6.07, 6.45) is 13.9. The summed E-state index contributed by atoms with van der Waals surface area (Å²) in [4.78, 5) is 31.6. The summed E-state index contributed by atoms with van der Waals surface area (Å²) >= 11 is 0. The molecule has 0 aliphatic carbocycles. The van der Waals surface area contributed by atoms with Crippen LogP contribution >= 0.6 is 0 Å². The van der Waals surface area contributed by atoms with Crippen molar-refractivity contribution in [2.45, 2.75) is 204 Å². The lowest BCUT2D eigenvalue weighted by molar-refractivity contribution is -0.121. The van der Waals surface area contributed by atoms with Crippen LogP contribution < -0.4 is 16.4 Å². The Morgan fingerprint density at radius 1 is 0.557 bits per heavy atom. The van der Waals surface area contributed by atoms with Gasteiger partial charge in [0, 0.05) is 79.4 Å². The van der Waals surface area contributed by atoms with Crippen LogP contribution in [0.25, 0.3) is 0 Å². The average molecular weight is 833 g/mol. The van der Waals surface area contributed by atoms with Crippen molar-refractivity contribution in [3.63, 3.8) is 0 Å². The van der Waals surface area contributed by atoms with E-state index in [1.165, 1.54) is 55.2 Å². The molecule has 9 rings (SSSR count). The number of carbonyl (C=O) groups is 2. The number of alkyl carbamates (subject to hydrolysis) is 1. The highest BCUT2D eigenvalue weighted by molar-refractivity contribution is 5.73. The zero-order valence-corrected chi connectivity index (χ0v) is 38.4. The highest BCUT2D eigenvalue weighted by Gasteiger charge is 2.48. The van der Waals surface area contributed by atoms with E-state index in [-0.39, 0.29) is 28.6 Å². The van der Waals surface area contributed by atoms with Crippen LogP contribution in [0.15, 0.2) is 91.0 Å². The lowest BCUT2D eigenvalue weighted by Gasteiger charge is -2.45. The van der Waals surface area contributed by atoms with E-state index >= 15 is 0 Å². The quantitative estimate of drug-likeness (QED) is 0.208. The van der Waals surface area contributed by atoms with Gasteiger partial charge < -0.3 is 21.1 Å². The van der Waals surface area contributed by atoms with E-state index in [1.54, 1.807) is 6.92 Å². The standard InChI is InChI=1S/C20H30N2O2.C17H24N2O.C15H22N2/c1-19(2,3)24-18(23)21-20(4)12-16-10-11-17(13-20)22(16)14-15-8-6-5-7-9-15;1-13(20)18-17(2)10-15-8-9-16(11-17)19(15)12-14-6-4-3-5-7-14;1-15(16)9-13-7-8-14(10-15)17(13)11-12-5-3-2-4-6-12/h5-9,16-17H,10-14H2,1-4H3,(H,21,23);3-7,15-16H,8-12H2,1-2H3,(H,18,20);2-6,13-14H,7-11,16H2,1H3/t16-,17+,20?;15-,16+,17?;13-,14+,15?. The molecule has 3 unspecified atom stereocenters. The summed E-state index contributed by atoms with van der Waals surface area (Å²) in [6, 6.07) is 36.0. The van der Waals surface area contributed by atoms with Gasteiger partial charge in [0.25, 0.3) is 0 Å². The van der Waals surface area contributed by atoms with Crippen LogP contribution in [0.2, 0.25) is 0 Å². The number of nitrogens with two attached hydrogens (primary N) is 1. The first kappa shape index (κ1) is 45.3. The van der Waals surface area contributed by atoms with Gasteiger partial charge in [0.05, 0.1) is 0 Å². The third-order valence-corrected chi connectivity index (χ3v) is 14.4. The molecule has 9 nitrogen and oxygen atoms in total. The molecular weight excluding hydrogens is 757 g/mol. The van der Waals surface area contributed by atoms with E-state index in [0.29, 0.717) is 36.3 Å². The molecular formula is C52H76N6O3. The molecule has 0 radical (unpaired) electrons. The van der Waals surface area contributed by atoms with Crippen LogP contribution in [0.5, 0.6) is 0 Å². The minimum absolute atomic E-state index is 0.00907. The average Bonchev–Trinajstić information content (AvgIpc) is 3.69. The number of piperidine rings is 3. The fourth-order valence-corrected chi connectivity index (χ4v) is 12.1. The summed E-state index contributed by atoms with van der Waals surface area (Å²) in [6.45, 7) is 17.1. The van der Waals surface area contributed by atoms with E-state index in [4.69, 9.17) is 10.5 Å². The van der Waals surface area contributed by atoms with Gasteiger partial charge >= 0.3 is 6.09 Å². The fourth-order valence-electron chi connectivity index (χ4n) is 12.1. The van der Waals surface area contributed by atoms with Gasteiger partial charge in [0.15, 0.2) is 0 Å². The SMILES string of the molecule is CC(=O)NC1(C)C[C@H]2CC[C@@H](C1)N2Cc1ccccc1.CC1(N)C[C@H]2CC[C@@H](C1)N2Cc1ccccc1.CC1(NC(=O)OC(C)(C)C)C[C@H]2CC[C@@H](C1)N2Cc1ccccc1. The van der Waals surface area contributed by atoms with E-state index in [0.717, 1.165) is 58.2 Å². The molecule has 0 spiro atoms. The molecule has 6 aliphatic heterocycles. The topological polar surface area (TPSA) is 103 Å². The van der Waals surface area contributed by atoms with Gasteiger partial charge in [-0.1, -0.05) is 91.0 Å². The Bertz CT molecular complexity index is 1840. The zero-order chi connectivity index (χ0) is 43.4. The van der Waals surface area contributed by atoms with E-state index in [9.17, 15) is 9.59 Å². The number of nitrogens with one attached hydrogen (secondary N) is 2. The lowest BCUT2D eigenvalue weighted by atomic mass is 9.84. The Kier molecular flexibility index (Phi) is 14.0. The molecule has 61 heavy (non-hydrogen) atoms. The molecule has 6 aliphatic rings. The first-order valence-corrected chi connectivity index (χ1v) is 23.4. The van der Waals surface area contributed by atoms with Crippen LogP contribution in [0, 0.1) is 0 Å². The van der Waals surface area contributed by atoms with Crippen LogP contribution in [0.4, 0.5) is 4.79 Å². The van der Waals surface area contributed by atoms with Crippen LogP contribution in [-0.4, -0.2) is 85.2 Å². The molecule has 6 saturated heterocycles. The molecule has 3 aromatic rings. The number of rotatable bonds is 8. The molecule has 0 saturated carbocycles. The van der Waals surface area contributed by atoms with Gasteiger partial charge in [0.1, 0.15) is 5.60 Å². The van der Waals surface area contributed by atoms with Crippen LogP contribution in [0.1, 0.15) is 142 Å². The minimum Gasteiger partial charge on any atom is -0.444 e. The summed E-state index contributed by atoms with van der Waals surface area (Å²) < 4.78 is 5.46. The van der Waals surface area contributed by atoms with Crippen LogP contribution in [-0.2, 0) is 29.2 Å². The maximum absolute atomic E-state index is 12.2. The number of amides is 2. The lowest BCUT2D eigenvalue weighted by Crippen LogP contribution is -2.57. The first-order chi connectivity index (χ1) is 28.9. The number of ether oxygens (including phenoxy) is 1. The second-order valence-corrected chi connectivity index (χ2v) is 21.4. The van der Waals surface area contributed by atoms with Gasteiger partial charge in [-0.3, -0.25) is 19.5 Å².